The van der Waals surface area contributed by atoms with E-state index in [4.69, 9.17) is 15.3 Å². The summed E-state index contributed by atoms with van der Waals surface area (Å²) in [6.45, 7) is 1.77. The molecule has 2 atom stereocenters. The van der Waals surface area contributed by atoms with Crippen molar-refractivity contribution < 1.29 is 15.3 Å². The van der Waals surface area contributed by atoms with Crippen molar-refractivity contribution in [1.82, 2.24) is 0 Å². The van der Waals surface area contributed by atoms with Gasteiger partial charge in [0.2, 0.25) is 0 Å². The van der Waals surface area contributed by atoms with Crippen LogP contribution in [0.25, 0.3) is 0 Å². The molecule has 3 N–H and O–H groups in total. The predicted octanol–water partition coefficient (Wildman–Crippen LogP) is 0.281. The van der Waals surface area contributed by atoms with Crippen LogP contribution < -0.4 is 0 Å². The lowest BCUT2D eigenvalue weighted by Crippen LogP contribution is -2.09. The lowest BCUT2D eigenvalue weighted by molar-refractivity contribution is 0.114. The molecular weight excluding hydrogens is 144 g/mol. The van der Waals surface area contributed by atoms with Gasteiger partial charge in [-0.2, -0.15) is 0 Å². The van der Waals surface area contributed by atoms with Gasteiger partial charge in [0.25, 0.3) is 0 Å². The molecule has 0 saturated heterocycles. The Bertz CT molecular complexity index is 83.4. The molecule has 0 aromatic rings. The van der Waals surface area contributed by atoms with E-state index < -0.39 is 6.10 Å². The summed E-state index contributed by atoms with van der Waals surface area (Å²) in [6.07, 6.45) is 1.97. The Labute approximate surface area is 67.7 Å². The molecular formula is C8H18O3. The number of aliphatic hydroxyl groups excluding tert-OH is 3. The minimum absolute atomic E-state index is 0.0375. The summed E-state index contributed by atoms with van der Waals surface area (Å²) in [5.41, 5.74) is 0. The van der Waals surface area contributed by atoms with Crippen molar-refractivity contribution in [2.75, 3.05) is 6.61 Å². The van der Waals surface area contributed by atoms with Crippen molar-refractivity contribution >= 4 is 0 Å². The number of aliphatic hydroxyl groups is 3. The van der Waals surface area contributed by atoms with E-state index in [1.54, 1.807) is 6.92 Å². The van der Waals surface area contributed by atoms with Crippen molar-refractivity contribution in [2.45, 2.75) is 44.8 Å². The minimum atomic E-state index is -0.404. The SMILES string of the molecule is CC(O)CCCC(O)CCO. The van der Waals surface area contributed by atoms with E-state index in [2.05, 4.69) is 0 Å². The monoisotopic (exact) mass is 162 g/mol. The number of hydrogen-bond acceptors (Lipinski definition) is 3. The third kappa shape index (κ3) is 7.78. The highest BCUT2D eigenvalue weighted by molar-refractivity contribution is 4.56. The molecule has 0 radical (unpaired) electrons. The second-order valence-electron chi connectivity index (χ2n) is 2.95. The Kier molecular flexibility index (Phi) is 6.51. The largest absolute Gasteiger partial charge is 0.396 e. The van der Waals surface area contributed by atoms with Crippen molar-refractivity contribution in [2.24, 2.45) is 0 Å². The van der Waals surface area contributed by atoms with Gasteiger partial charge in [-0.05, 0) is 32.6 Å². The standard InChI is InChI=1S/C8H18O3/c1-7(10)3-2-4-8(11)5-6-9/h7-11H,2-6H2,1H3. The average molecular weight is 162 g/mol. The zero-order valence-corrected chi connectivity index (χ0v) is 7.03. The zero-order chi connectivity index (χ0) is 8.69. The molecule has 0 aliphatic heterocycles. The summed E-state index contributed by atoms with van der Waals surface area (Å²) in [6, 6.07) is 0. The first-order valence-corrected chi connectivity index (χ1v) is 4.13. The van der Waals surface area contributed by atoms with Crippen LogP contribution in [0, 0.1) is 0 Å². The van der Waals surface area contributed by atoms with E-state index in [0.717, 1.165) is 12.8 Å². The van der Waals surface area contributed by atoms with Crippen molar-refractivity contribution in [3.8, 4) is 0 Å². The van der Waals surface area contributed by atoms with Gasteiger partial charge in [0, 0.05) is 6.61 Å². The molecule has 0 heterocycles. The molecule has 0 aromatic carbocycles. The van der Waals surface area contributed by atoms with Crippen LogP contribution in [0.5, 0.6) is 0 Å². The van der Waals surface area contributed by atoms with Gasteiger partial charge in [0.1, 0.15) is 0 Å². The second kappa shape index (κ2) is 6.58. The maximum Gasteiger partial charge on any atom is 0.0562 e. The Balaban J connectivity index is 3.10. The van der Waals surface area contributed by atoms with Gasteiger partial charge in [0.05, 0.1) is 12.2 Å². The fourth-order valence-electron chi connectivity index (χ4n) is 0.942. The second-order valence-corrected chi connectivity index (χ2v) is 2.95. The minimum Gasteiger partial charge on any atom is -0.396 e. The summed E-state index contributed by atoms with van der Waals surface area (Å²) < 4.78 is 0. The number of hydrogen-bond donors (Lipinski definition) is 3. The first kappa shape index (κ1) is 10.9. The first-order valence-electron chi connectivity index (χ1n) is 4.13. The molecule has 0 aliphatic rings. The molecule has 0 fully saturated rings. The van der Waals surface area contributed by atoms with Gasteiger partial charge in [-0.15, -0.1) is 0 Å². The Morgan fingerprint density at radius 1 is 1.09 bits per heavy atom. The fraction of sp³-hybridized carbons (Fsp3) is 1.00. The van der Waals surface area contributed by atoms with E-state index in [0.29, 0.717) is 12.8 Å². The highest BCUT2D eigenvalue weighted by atomic mass is 16.3. The molecule has 0 aliphatic carbocycles. The molecule has 0 amide bonds. The van der Waals surface area contributed by atoms with Gasteiger partial charge in [-0.3, -0.25) is 0 Å². The fourth-order valence-corrected chi connectivity index (χ4v) is 0.942. The summed E-state index contributed by atoms with van der Waals surface area (Å²) in [7, 11) is 0. The average Bonchev–Trinajstić information content (AvgIpc) is 1.87. The third-order valence-corrected chi connectivity index (χ3v) is 1.62. The molecule has 0 rings (SSSR count). The molecule has 2 unspecified atom stereocenters. The van der Waals surface area contributed by atoms with Gasteiger partial charge in [0.15, 0.2) is 0 Å². The van der Waals surface area contributed by atoms with Crippen LogP contribution in [0.1, 0.15) is 32.6 Å². The van der Waals surface area contributed by atoms with E-state index in [1.807, 2.05) is 0 Å². The summed E-state index contributed by atoms with van der Waals surface area (Å²) in [4.78, 5) is 0. The van der Waals surface area contributed by atoms with Crippen LogP contribution in [0.4, 0.5) is 0 Å². The molecule has 3 heteroatoms. The highest BCUT2D eigenvalue weighted by Gasteiger charge is 2.03. The van der Waals surface area contributed by atoms with Crippen LogP contribution in [0.2, 0.25) is 0 Å². The van der Waals surface area contributed by atoms with Crippen molar-refractivity contribution in [3.63, 3.8) is 0 Å². The Morgan fingerprint density at radius 2 is 1.73 bits per heavy atom. The third-order valence-electron chi connectivity index (χ3n) is 1.62. The Morgan fingerprint density at radius 3 is 2.18 bits per heavy atom. The maximum atomic E-state index is 9.12. The number of rotatable bonds is 6. The first-order chi connectivity index (χ1) is 5.16. The molecule has 0 aromatic heterocycles. The summed E-state index contributed by atoms with van der Waals surface area (Å²) in [5, 5.41) is 26.4. The van der Waals surface area contributed by atoms with Gasteiger partial charge >= 0.3 is 0 Å². The van der Waals surface area contributed by atoms with Gasteiger partial charge in [-0.1, -0.05) is 0 Å². The summed E-state index contributed by atoms with van der Waals surface area (Å²) in [5.74, 6) is 0. The van der Waals surface area contributed by atoms with Crippen LogP contribution in [-0.4, -0.2) is 34.1 Å². The van der Waals surface area contributed by atoms with Crippen LogP contribution in [0.15, 0.2) is 0 Å². The molecule has 11 heavy (non-hydrogen) atoms. The van der Waals surface area contributed by atoms with E-state index in [-0.39, 0.29) is 12.7 Å². The van der Waals surface area contributed by atoms with Crippen molar-refractivity contribution in [1.29, 1.82) is 0 Å². The predicted molar refractivity (Wildman–Crippen MR) is 43.2 cm³/mol. The van der Waals surface area contributed by atoms with Crippen LogP contribution >= 0.6 is 0 Å². The molecule has 3 nitrogen and oxygen atoms in total. The molecule has 0 bridgehead atoms. The highest BCUT2D eigenvalue weighted by Crippen LogP contribution is 2.05. The van der Waals surface area contributed by atoms with E-state index in [9.17, 15) is 0 Å². The maximum absolute atomic E-state index is 9.12. The van der Waals surface area contributed by atoms with Gasteiger partial charge < -0.3 is 15.3 Å². The molecule has 68 valence electrons. The lowest BCUT2D eigenvalue weighted by Gasteiger charge is -2.08. The quantitative estimate of drug-likeness (QED) is 0.525. The van der Waals surface area contributed by atoms with Crippen molar-refractivity contribution in [3.05, 3.63) is 0 Å². The van der Waals surface area contributed by atoms with Gasteiger partial charge in [-0.25, -0.2) is 0 Å². The summed E-state index contributed by atoms with van der Waals surface area (Å²) >= 11 is 0. The smallest absolute Gasteiger partial charge is 0.0562 e. The lowest BCUT2D eigenvalue weighted by atomic mass is 10.1. The normalized spacial score (nSPS) is 16.4. The van der Waals surface area contributed by atoms with E-state index >= 15 is 0 Å². The molecule has 0 saturated carbocycles. The zero-order valence-electron chi connectivity index (χ0n) is 7.03. The van der Waals surface area contributed by atoms with Crippen LogP contribution in [0.3, 0.4) is 0 Å². The topological polar surface area (TPSA) is 60.7 Å². The van der Waals surface area contributed by atoms with E-state index in [1.165, 1.54) is 0 Å². The Hall–Kier alpha value is -0.120. The van der Waals surface area contributed by atoms with Crippen LogP contribution in [-0.2, 0) is 0 Å². The molecule has 0 spiro atoms.